The number of nitro groups is 1. The number of halogens is 6. The van der Waals surface area contributed by atoms with Crippen molar-refractivity contribution in [3.05, 3.63) is 58.1 Å². The van der Waals surface area contributed by atoms with Gasteiger partial charge in [0.15, 0.2) is 5.75 Å². The Morgan fingerprint density at radius 1 is 1.00 bits per heavy atom. The molecule has 2 N–H and O–H groups in total. The third-order valence-electron chi connectivity index (χ3n) is 5.11. The number of nitrogens with zero attached hydrogens (tertiary/aromatic N) is 1. The molecule has 0 aromatic heterocycles. The maximum Gasteiger partial charge on any atom is 0.573 e. The normalized spacial score (nSPS) is 18.5. The first-order valence-corrected chi connectivity index (χ1v) is 10.3. The summed E-state index contributed by atoms with van der Waals surface area (Å²) in [6.07, 6.45) is -8.59. The molecule has 0 bridgehead atoms. The molecule has 0 radical (unpaired) electrons. The van der Waals surface area contributed by atoms with Crippen molar-refractivity contribution in [3.63, 3.8) is 0 Å². The molecule has 1 aliphatic rings. The molecule has 0 unspecified atom stereocenters. The molecule has 0 atom stereocenters. The summed E-state index contributed by atoms with van der Waals surface area (Å²) in [5.41, 5.74) is -1.88. The molecule has 1 saturated carbocycles. The number of carbonyl (C=O) groups is 1. The summed E-state index contributed by atoms with van der Waals surface area (Å²) in [7, 11) is 0. The smallest absolute Gasteiger partial charge is 0.484 e. The summed E-state index contributed by atoms with van der Waals surface area (Å²) in [5, 5.41) is 16.3. The Hall–Kier alpha value is -3.71. The average molecular weight is 507 g/mol. The first kappa shape index (κ1) is 25.9. The summed E-state index contributed by atoms with van der Waals surface area (Å²) in [6.45, 7) is 0. The van der Waals surface area contributed by atoms with Gasteiger partial charge in [-0.2, -0.15) is 13.2 Å². The van der Waals surface area contributed by atoms with E-state index in [1.165, 1.54) is 12.1 Å². The Balaban J connectivity index is 1.52. The van der Waals surface area contributed by atoms with Crippen molar-refractivity contribution in [3.8, 4) is 11.5 Å². The van der Waals surface area contributed by atoms with Gasteiger partial charge in [0.05, 0.1) is 16.6 Å². The maximum absolute atomic E-state index is 12.8. The zero-order valence-electron chi connectivity index (χ0n) is 17.8. The van der Waals surface area contributed by atoms with Crippen molar-refractivity contribution in [2.45, 2.75) is 50.4 Å². The number of anilines is 1. The Bertz CT molecular complexity index is 1070. The SMILES string of the molecule is O=C(Nc1cccc(OC(F)(F)F)c1)N[C@H]1CC[C@H](Oc2ccc(C(F)(F)F)cc2[N+](=O)[O-])CC1. The predicted molar refractivity (Wildman–Crippen MR) is 110 cm³/mol. The summed E-state index contributed by atoms with van der Waals surface area (Å²) in [4.78, 5) is 22.4. The van der Waals surface area contributed by atoms with Gasteiger partial charge in [-0.25, -0.2) is 4.79 Å². The van der Waals surface area contributed by atoms with Crippen LogP contribution in [-0.4, -0.2) is 29.5 Å². The highest BCUT2D eigenvalue weighted by Gasteiger charge is 2.34. The fourth-order valence-corrected chi connectivity index (χ4v) is 3.56. The first-order chi connectivity index (χ1) is 16.3. The molecule has 0 spiro atoms. The average Bonchev–Trinajstić information content (AvgIpc) is 2.73. The number of ether oxygens (including phenoxy) is 2. The minimum Gasteiger partial charge on any atom is -0.484 e. The van der Waals surface area contributed by atoms with Gasteiger partial charge in [0.1, 0.15) is 5.75 Å². The first-order valence-electron chi connectivity index (χ1n) is 10.3. The second-order valence-electron chi connectivity index (χ2n) is 7.70. The van der Waals surface area contributed by atoms with E-state index in [-0.39, 0.29) is 17.5 Å². The largest absolute Gasteiger partial charge is 0.573 e. The zero-order valence-corrected chi connectivity index (χ0v) is 17.8. The highest BCUT2D eigenvalue weighted by Crippen LogP contribution is 2.37. The van der Waals surface area contributed by atoms with E-state index in [2.05, 4.69) is 15.4 Å². The van der Waals surface area contributed by atoms with E-state index in [9.17, 15) is 41.3 Å². The predicted octanol–water partition coefficient (Wildman–Crippen LogP) is 6.02. The third kappa shape index (κ3) is 7.65. The minimum absolute atomic E-state index is 0.0795. The molecular formula is C21H19F6N3O5. The monoisotopic (exact) mass is 507 g/mol. The molecule has 2 amide bonds. The van der Waals surface area contributed by atoms with Crippen molar-refractivity contribution < 1.29 is 45.5 Å². The molecule has 0 aliphatic heterocycles. The summed E-state index contributed by atoms with van der Waals surface area (Å²) >= 11 is 0. The molecule has 190 valence electrons. The number of nitro benzene ring substituents is 1. The van der Waals surface area contributed by atoms with Crippen molar-refractivity contribution in [2.24, 2.45) is 0 Å². The molecule has 1 fully saturated rings. The molecule has 1 aliphatic carbocycles. The number of carbonyl (C=O) groups excluding carboxylic acids is 1. The second kappa shape index (κ2) is 10.3. The quantitative estimate of drug-likeness (QED) is 0.283. The third-order valence-corrected chi connectivity index (χ3v) is 5.11. The highest BCUT2D eigenvalue weighted by molar-refractivity contribution is 5.89. The van der Waals surface area contributed by atoms with E-state index in [4.69, 9.17) is 4.74 Å². The second-order valence-corrected chi connectivity index (χ2v) is 7.70. The van der Waals surface area contributed by atoms with Crippen molar-refractivity contribution in [2.75, 3.05) is 5.32 Å². The lowest BCUT2D eigenvalue weighted by Gasteiger charge is -2.29. The van der Waals surface area contributed by atoms with Crippen LogP contribution in [0.4, 0.5) is 42.5 Å². The molecule has 35 heavy (non-hydrogen) atoms. The summed E-state index contributed by atoms with van der Waals surface area (Å²) in [5.74, 6) is -0.775. The molecule has 8 nitrogen and oxygen atoms in total. The van der Waals surface area contributed by atoms with Crippen LogP contribution < -0.4 is 20.1 Å². The fourth-order valence-electron chi connectivity index (χ4n) is 3.56. The molecule has 0 heterocycles. The van der Waals surface area contributed by atoms with Crippen LogP contribution in [0.1, 0.15) is 31.2 Å². The Labute approximate surface area is 194 Å². The lowest BCUT2D eigenvalue weighted by atomic mass is 9.93. The Morgan fingerprint density at radius 3 is 2.29 bits per heavy atom. The fraction of sp³-hybridized carbons (Fsp3) is 0.381. The van der Waals surface area contributed by atoms with Gasteiger partial charge in [0, 0.05) is 23.9 Å². The number of hydrogen-bond donors (Lipinski definition) is 2. The Kier molecular flexibility index (Phi) is 7.60. The van der Waals surface area contributed by atoms with Gasteiger partial charge in [-0.15, -0.1) is 13.2 Å². The number of alkyl halides is 6. The van der Waals surface area contributed by atoms with E-state index in [0.717, 1.165) is 18.2 Å². The van der Waals surface area contributed by atoms with Crippen LogP contribution in [0, 0.1) is 10.1 Å². The van der Waals surface area contributed by atoms with Gasteiger partial charge >= 0.3 is 24.3 Å². The van der Waals surface area contributed by atoms with Crippen LogP contribution in [0.5, 0.6) is 11.5 Å². The number of rotatable bonds is 6. The van der Waals surface area contributed by atoms with Crippen molar-refractivity contribution in [1.29, 1.82) is 0 Å². The molecule has 0 saturated heterocycles. The van der Waals surface area contributed by atoms with Crippen molar-refractivity contribution in [1.82, 2.24) is 5.32 Å². The number of nitrogens with one attached hydrogen (secondary N) is 2. The van der Waals surface area contributed by atoms with Crippen LogP contribution in [0.15, 0.2) is 42.5 Å². The standard InChI is InChI=1S/C21H19F6N3O5/c22-20(23,24)12-4-9-18(17(10-12)30(32)33)34-15-7-5-13(6-8-15)28-19(31)29-14-2-1-3-16(11-14)35-21(25,26)27/h1-4,9-11,13,15H,5-8H2,(H2,28,29,31)/t13-,15-. The van der Waals surface area contributed by atoms with E-state index in [0.29, 0.717) is 37.8 Å². The van der Waals surface area contributed by atoms with E-state index < -0.39 is 46.6 Å². The van der Waals surface area contributed by atoms with Crippen LogP contribution >= 0.6 is 0 Å². The number of hydrogen-bond acceptors (Lipinski definition) is 5. The minimum atomic E-state index is -4.87. The van der Waals surface area contributed by atoms with E-state index in [1.54, 1.807) is 0 Å². The summed E-state index contributed by atoms with van der Waals surface area (Å²) in [6, 6.07) is 5.81. The van der Waals surface area contributed by atoms with Crippen LogP contribution in [0.25, 0.3) is 0 Å². The van der Waals surface area contributed by atoms with Crippen molar-refractivity contribution >= 4 is 17.4 Å². The zero-order chi connectivity index (χ0) is 25.8. The van der Waals surface area contributed by atoms with Gasteiger partial charge in [0.25, 0.3) is 0 Å². The number of urea groups is 1. The van der Waals surface area contributed by atoms with Crippen LogP contribution in [0.3, 0.4) is 0 Å². The molecule has 14 heteroatoms. The summed E-state index contributed by atoms with van der Waals surface area (Å²) < 4.78 is 84.9. The van der Waals surface area contributed by atoms with Crippen LogP contribution in [-0.2, 0) is 6.18 Å². The molecular weight excluding hydrogens is 488 g/mol. The Morgan fingerprint density at radius 2 is 1.69 bits per heavy atom. The topological polar surface area (TPSA) is 103 Å². The number of benzene rings is 2. The lowest BCUT2D eigenvalue weighted by Crippen LogP contribution is -2.41. The maximum atomic E-state index is 12.8. The van der Waals surface area contributed by atoms with E-state index in [1.807, 2.05) is 0 Å². The lowest BCUT2D eigenvalue weighted by molar-refractivity contribution is -0.386. The van der Waals surface area contributed by atoms with Gasteiger partial charge in [-0.05, 0) is 49.9 Å². The van der Waals surface area contributed by atoms with E-state index >= 15 is 0 Å². The molecule has 2 aromatic carbocycles. The van der Waals surface area contributed by atoms with Gasteiger partial charge in [0.2, 0.25) is 0 Å². The van der Waals surface area contributed by atoms with Crippen LogP contribution in [0.2, 0.25) is 0 Å². The molecule has 2 aromatic rings. The van der Waals surface area contributed by atoms with Gasteiger partial charge in [-0.3, -0.25) is 10.1 Å². The van der Waals surface area contributed by atoms with Gasteiger partial charge < -0.3 is 20.1 Å². The molecule has 3 rings (SSSR count). The highest BCUT2D eigenvalue weighted by atomic mass is 19.4. The number of amides is 2. The van der Waals surface area contributed by atoms with Gasteiger partial charge in [-0.1, -0.05) is 6.07 Å².